The van der Waals surface area contributed by atoms with Crippen LogP contribution in [0.3, 0.4) is 0 Å². The SMILES string of the molecule is Cc1nn(-c2ccccc2)c(Cl)c1C(=O)OCC(=O)N1CCOC1=O. The van der Waals surface area contributed by atoms with Gasteiger partial charge >= 0.3 is 12.1 Å². The highest BCUT2D eigenvalue weighted by Crippen LogP contribution is 2.24. The van der Waals surface area contributed by atoms with Crippen molar-refractivity contribution in [1.82, 2.24) is 14.7 Å². The minimum Gasteiger partial charge on any atom is -0.452 e. The monoisotopic (exact) mass is 363 g/mol. The Hall–Kier alpha value is -2.87. The summed E-state index contributed by atoms with van der Waals surface area (Å²) in [5.41, 5.74) is 1.12. The maximum Gasteiger partial charge on any atom is 0.416 e. The first-order chi connectivity index (χ1) is 12.0. The summed E-state index contributed by atoms with van der Waals surface area (Å²) in [6, 6.07) is 9.05. The van der Waals surface area contributed by atoms with E-state index in [9.17, 15) is 14.4 Å². The standard InChI is InChI=1S/C16H14ClN3O5/c1-10-13(14(17)20(18-10)11-5-3-2-4-6-11)15(22)25-9-12(21)19-7-8-24-16(19)23/h2-6H,7-9H2,1H3. The lowest BCUT2D eigenvalue weighted by Gasteiger charge is -2.10. The summed E-state index contributed by atoms with van der Waals surface area (Å²) in [6.07, 6.45) is -0.743. The Morgan fingerprint density at radius 3 is 2.68 bits per heavy atom. The van der Waals surface area contributed by atoms with Gasteiger partial charge in [0.2, 0.25) is 0 Å². The maximum absolute atomic E-state index is 12.3. The van der Waals surface area contributed by atoms with Crippen molar-refractivity contribution in [2.24, 2.45) is 0 Å². The van der Waals surface area contributed by atoms with Gasteiger partial charge in [0.05, 0.1) is 17.9 Å². The molecule has 8 nitrogen and oxygen atoms in total. The van der Waals surface area contributed by atoms with E-state index in [4.69, 9.17) is 16.3 Å². The van der Waals surface area contributed by atoms with Gasteiger partial charge in [0.25, 0.3) is 5.91 Å². The Kier molecular flexibility index (Phi) is 4.71. The molecule has 0 unspecified atom stereocenters. The summed E-state index contributed by atoms with van der Waals surface area (Å²) in [5, 5.41) is 4.32. The van der Waals surface area contributed by atoms with E-state index in [1.54, 1.807) is 19.1 Å². The molecule has 1 aromatic carbocycles. The fraction of sp³-hybridized carbons (Fsp3) is 0.250. The van der Waals surface area contributed by atoms with Crippen LogP contribution in [-0.4, -0.2) is 52.4 Å². The van der Waals surface area contributed by atoms with Gasteiger partial charge in [0.15, 0.2) is 6.61 Å². The van der Waals surface area contributed by atoms with E-state index in [1.807, 2.05) is 18.2 Å². The quantitative estimate of drug-likeness (QED) is 0.771. The molecule has 3 rings (SSSR count). The second-order valence-corrected chi connectivity index (χ2v) is 5.59. The number of aryl methyl sites for hydroxylation is 1. The van der Waals surface area contributed by atoms with Crippen LogP contribution in [0.4, 0.5) is 4.79 Å². The molecule has 130 valence electrons. The van der Waals surface area contributed by atoms with Gasteiger partial charge in [-0.2, -0.15) is 5.10 Å². The zero-order chi connectivity index (χ0) is 18.0. The molecular weight excluding hydrogens is 350 g/mol. The van der Waals surface area contributed by atoms with E-state index in [1.165, 1.54) is 4.68 Å². The normalized spacial score (nSPS) is 13.7. The Morgan fingerprint density at radius 1 is 1.32 bits per heavy atom. The summed E-state index contributed by atoms with van der Waals surface area (Å²) in [4.78, 5) is 36.4. The van der Waals surface area contributed by atoms with Crippen LogP contribution in [0.25, 0.3) is 5.69 Å². The molecule has 0 atom stereocenters. The number of cyclic esters (lactones) is 1. The molecule has 2 heterocycles. The van der Waals surface area contributed by atoms with Crippen molar-refractivity contribution in [2.45, 2.75) is 6.92 Å². The van der Waals surface area contributed by atoms with E-state index in [2.05, 4.69) is 9.84 Å². The fourth-order valence-electron chi connectivity index (χ4n) is 2.37. The van der Waals surface area contributed by atoms with Gasteiger partial charge in [-0.1, -0.05) is 29.8 Å². The summed E-state index contributed by atoms with van der Waals surface area (Å²) in [6.45, 7) is 1.30. The van der Waals surface area contributed by atoms with Crippen LogP contribution in [0.5, 0.6) is 0 Å². The maximum atomic E-state index is 12.3. The number of hydrogen-bond donors (Lipinski definition) is 0. The average Bonchev–Trinajstić information content (AvgIpc) is 3.16. The number of rotatable bonds is 4. The number of carbonyl (C=O) groups is 3. The van der Waals surface area contributed by atoms with Crippen molar-refractivity contribution in [1.29, 1.82) is 0 Å². The predicted octanol–water partition coefficient (Wildman–Crippen LogP) is 1.97. The first kappa shape index (κ1) is 17.0. The lowest BCUT2D eigenvalue weighted by molar-refractivity contribution is -0.131. The number of halogens is 1. The van der Waals surface area contributed by atoms with Gasteiger partial charge < -0.3 is 9.47 Å². The van der Waals surface area contributed by atoms with Crippen LogP contribution in [0.15, 0.2) is 30.3 Å². The molecule has 1 aliphatic rings. The van der Waals surface area contributed by atoms with E-state index < -0.39 is 24.6 Å². The van der Waals surface area contributed by atoms with Gasteiger partial charge in [-0.25, -0.2) is 19.2 Å². The molecule has 0 aliphatic carbocycles. The molecule has 1 aliphatic heterocycles. The molecule has 1 saturated heterocycles. The highest BCUT2D eigenvalue weighted by Gasteiger charge is 2.30. The number of hydrogen-bond acceptors (Lipinski definition) is 6. The Labute approximate surface area is 147 Å². The van der Waals surface area contributed by atoms with E-state index in [0.29, 0.717) is 11.4 Å². The number of imide groups is 1. The third-order valence-electron chi connectivity index (χ3n) is 3.60. The van der Waals surface area contributed by atoms with Gasteiger partial charge in [-0.15, -0.1) is 0 Å². The van der Waals surface area contributed by atoms with Gasteiger partial charge in [0, 0.05) is 0 Å². The molecule has 0 N–H and O–H groups in total. The van der Waals surface area contributed by atoms with Crippen molar-refractivity contribution in [3.63, 3.8) is 0 Å². The predicted molar refractivity (Wildman–Crippen MR) is 86.7 cm³/mol. The van der Waals surface area contributed by atoms with Crippen molar-refractivity contribution in [3.8, 4) is 5.69 Å². The van der Waals surface area contributed by atoms with Gasteiger partial charge in [0.1, 0.15) is 17.3 Å². The summed E-state index contributed by atoms with van der Waals surface area (Å²) < 4.78 is 11.1. The number of aromatic nitrogens is 2. The zero-order valence-corrected chi connectivity index (χ0v) is 14.0. The first-order valence-corrected chi connectivity index (χ1v) is 7.81. The molecule has 2 aromatic rings. The van der Waals surface area contributed by atoms with Crippen molar-refractivity contribution < 1.29 is 23.9 Å². The van der Waals surface area contributed by atoms with Crippen LogP contribution in [0.1, 0.15) is 16.1 Å². The molecule has 0 bridgehead atoms. The smallest absolute Gasteiger partial charge is 0.416 e. The van der Waals surface area contributed by atoms with Gasteiger partial charge in [-0.3, -0.25) is 4.79 Å². The third-order valence-corrected chi connectivity index (χ3v) is 3.95. The number of nitrogens with zero attached hydrogens (tertiary/aromatic N) is 3. The van der Waals surface area contributed by atoms with Crippen LogP contribution < -0.4 is 0 Å². The number of esters is 1. The molecule has 0 saturated carbocycles. The largest absolute Gasteiger partial charge is 0.452 e. The molecule has 9 heteroatoms. The second kappa shape index (κ2) is 6.94. The van der Waals surface area contributed by atoms with Crippen molar-refractivity contribution in [2.75, 3.05) is 19.8 Å². The number of benzene rings is 1. The lowest BCUT2D eigenvalue weighted by Crippen LogP contribution is -2.35. The van der Waals surface area contributed by atoms with E-state index in [0.717, 1.165) is 4.90 Å². The van der Waals surface area contributed by atoms with Crippen LogP contribution >= 0.6 is 11.6 Å². The number of ether oxygens (including phenoxy) is 2. The highest BCUT2D eigenvalue weighted by atomic mass is 35.5. The Bertz CT molecular complexity index is 834. The molecule has 25 heavy (non-hydrogen) atoms. The number of amides is 2. The van der Waals surface area contributed by atoms with Crippen molar-refractivity contribution in [3.05, 3.63) is 46.7 Å². The molecule has 1 aromatic heterocycles. The highest BCUT2D eigenvalue weighted by molar-refractivity contribution is 6.33. The molecular formula is C16H14ClN3O5. The summed E-state index contributed by atoms with van der Waals surface area (Å²) in [5.74, 6) is -1.44. The van der Waals surface area contributed by atoms with Crippen molar-refractivity contribution >= 4 is 29.6 Å². The first-order valence-electron chi connectivity index (χ1n) is 7.44. The Morgan fingerprint density at radius 2 is 2.04 bits per heavy atom. The minimum atomic E-state index is -0.786. The molecule has 2 amide bonds. The van der Waals surface area contributed by atoms with E-state index >= 15 is 0 Å². The zero-order valence-electron chi connectivity index (χ0n) is 13.3. The molecule has 0 spiro atoms. The third kappa shape index (κ3) is 3.34. The summed E-state index contributed by atoms with van der Waals surface area (Å²) in [7, 11) is 0. The lowest BCUT2D eigenvalue weighted by atomic mass is 10.2. The molecule has 0 radical (unpaired) electrons. The van der Waals surface area contributed by atoms with Crippen LogP contribution in [-0.2, 0) is 14.3 Å². The van der Waals surface area contributed by atoms with E-state index in [-0.39, 0.29) is 23.9 Å². The van der Waals surface area contributed by atoms with Crippen LogP contribution in [0.2, 0.25) is 5.15 Å². The second-order valence-electron chi connectivity index (χ2n) is 5.23. The number of carbonyl (C=O) groups excluding carboxylic acids is 3. The topological polar surface area (TPSA) is 90.7 Å². The Balaban J connectivity index is 1.73. The van der Waals surface area contributed by atoms with Gasteiger partial charge in [-0.05, 0) is 19.1 Å². The number of para-hydroxylation sites is 1. The average molecular weight is 364 g/mol. The molecule has 1 fully saturated rings. The minimum absolute atomic E-state index is 0.0716. The van der Waals surface area contributed by atoms with Crippen LogP contribution in [0, 0.1) is 6.92 Å². The summed E-state index contributed by atoms with van der Waals surface area (Å²) >= 11 is 6.25. The fourth-order valence-corrected chi connectivity index (χ4v) is 2.72.